The molecule has 12 nitrogen and oxygen atoms in total. The van der Waals surface area contributed by atoms with Crippen molar-refractivity contribution < 1.29 is 23.6 Å². The van der Waals surface area contributed by atoms with Crippen LogP contribution >= 0.6 is 12.4 Å². The van der Waals surface area contributed by atoms with E-state index in [-0.39, 0.29) is 48.6 Å². The molecule has 0 spiro atoms. The van der Waals surface area contributed by atoms with Gasteiger partial charge in [0.05, 0.1) is 5.92 Å². The number of piperidine rings is 1. The minimum absolute atomic E-state index is 0. The van der Waals surface area contributed by atoms with Crippen LogP contribution in [0.1, 0.15) is 64.1 Å². The van der Waals surface area contributed by atoms with E-state index in [9.17, 15) is 14.4 Å². The lowest BCUT2D eigenvalue weighted by Gasteiger charge is -2.32. The van der Waals surface area contributed by atoms with Crippen molar-refractivity contribution in [2.24, 2.45) is 16.1 Å². The molecular formula is C26H36ClN7O5. The Labute approximate surface area is 233 Å². The first-order valence-corrected chi connectivity index (χ1v) is 13.1. The summed E-state index contributed by atoms with van der Waals surface area (Å²) in [5, 5.41) is 17.9. The normalized spacial score (nSPS) is 19.0. The van der Waals surface area contributed by atoms with Crippen LogP contribution in [0.3, 0.4) is 0 Å². The Morgan fingerprint density at radius 3 is 2.67 bits per heavy atom. The summed E-state index contributed by atoms with van der Waals surface area (Å²) in [5.41, 5.74) is 0.292. The van der Waals surface area contributed by atoms with E-state index in [4.69, 9.17) is 9.26 Å². The highest BCUT2D eigenvalue weighted by atomic mass is 35.5. The molecule has 3 heterocycles. The van der Waals surface area contributed by atoms with Crippen molar-refractivity contribution in [2.75, 3.05) is 26.2 Å². The van der Waals surface area contributed by atoms with Crippen LogP contribution in [0.4, 0.5) is 4.79 Å². The summed E-state index contributed by atoms with van der Waals surface area (Å²) in [4.78, 5) is 42.5. The summed E-state index contributed by atoms with van der Waals surface area (Å²) in [6, 6.07) is 0. The molecule has 1 saturated heterocycles. The first-order chi connectivity index (χ1) is 18.2. The average molecular weight is 562 g/mol. The Morgan fingerprint density at radius 1 is 1.15 bits per heavy atom. The number of aromatic nitrogens is 2. The number of hydrogen-bond acceptors (Lipinski definition) is 9. The maximum absolute atomic E-state index is 12.2. The molecule has 1 aromatic rings. The SMILES string of the molecule is CC(C)(C)OC(=O)N1CCC(c2noc(CCC(=O)NCCCNC3=C4C=CC=CC4C(=O)N=N3)n2)CC1.Cl. The Bertz CT molecular complexity index is 1160. The van der Waals surface area contributed by atoms with Crippen LogP contribution in [-0.2, 0) is 20.7 Å². The lowest BCUT2D eigenvalue weighted by molar-refractivity contribution is -0.121. The quantitative estimate of drug-likeness (QED) is 0.434. The van der Waals surface area contributed by atoms with Crippen molar-refractivity contribution in [3.63, 3.8) is 0 Å². The van der Waals surface area contributed by atoms with Gasteiger partial charge in [0.1, 0.15) is 5.60 Å². The van der Waals surface area contributed by atoms with Gasteiger partial charge in [0, 0.05) is 50.5 Å². The van der Waals surface area contributed by atoms with Gasteiger partial charge in [-0.25, -0.2) is 4.79 Å². The molecule has 13 heteroatoms. The standard InChI is InChI=1S/C26H35N7O5.ClH/c1-26(2,3)37-25(36)33-15-11-17(12-16-33)22-29-21(38-32-22)10-9-20(34)27-13-6-14-28-23-18-7-4-5-8-19(18)24(35)31-30-23;/h4-5,7-8,17,19,28H,6,9-16H2,1-3H3,(H,27,34);1H. The van der Waals surface area contributed by atoms with Gasteiger partial charge >= 0.3 is 6.09 Å². The second-order valence-electron chi connectivity index (χ2n) is 10.5. The molecule has 2 N–H and O–H groups in total. The fourth-order valence-corrected chi connectivity index (χ4v) is 4.35. The highest BCUT2D eigenvalue weighted by Crippen LogP contribution is 2.28. The molecule has 0 saturated carbocycles. The number of nitrogens with zero attached hydrogens (tertiary/aromatic N) is 5. The van der Waals surface area contributed by atoms with Crippen LogP contribution in [-0.4, -0.2) is 64.7 Å². The van der Waals surface area contributed by atoms with Gasteiger partial charge in [-0.15, -0.1) is 22.6 Å². The molecule has 39 heavy (non-hydrogen) atoms. The highest BCUT2D eigenvalue weighted by Gasteiger charge is 2.30. The van der Waals surface area contributed by atoms with Gasteiger partial charge in [-0.05, 0) is 40.0 Å². The minimum Gasteiger partial charge on any atom is -0.444 e. The molecule has 3 aliphatic rings. The van der Waals surface area contributed by atoms with Gasteiger partial charge < -0.3 is 24.8 Å². The smallest absolute Gasteiger partial charge is 0.410 e. The molecule has 3 amide bonds. The van der Waals surface area contributed by atoms with Crippen LogP contribution in [0, 0.1) is 5.92 Å². The van der Waals surface area contributed by atoms with Crippen molar-refractivity contribution in [1.29, 1.82) is 0 Å². The molecule has 1 aliphatic carbocycles. The number of azo groups is 1. The van der Waals surface area contributed by atoms with Crippen LogP contribution in [0.15, 0.2) is 50.4 Å². The summed E-state index contributed by atoms with van der Waals surface area (Å²) in [7, 11) is 0. The maximum atomic E-state index is 12.2. The number of rotatable bonds is 9. The summed E-state index contributed by atoms with van der Waals surface area (Å²) in [5.74, 6) is 1.01. The van der Waals surface area contributed by atoms with Gasteiger partial charge in [-0.3, -0.25) is 9.59 Å². The van der Waals surface area contributed by atoms with Crippen molar-refractivity contribution in [3.8, 4) is 0 Å². The molecule has 1 unspecified atom stereocenters. The first-order valence-electron chi connectivity index (χ1n) is 13.1. The first kappa shape index (κ1) is 30.0. The lowest BCUT2D eigenvalue weighted by Crippen LogP contribution is -2.41. The van der Waals surface area contributed by atoms with Gasteiger partial charge in [0.25, 0.3) is 5.91 Å². The second kappa shape index (κ2) is 13.5. The predicted molar refractivity (Wildman–Crippen MR) is 144 cm³/mol. The maximum Gasteiger partial charge on any atom is 0.410 e. The fourth-order valence-electron chi connectivity index (χ4n) is 4.35. The van der Waals surface area contributed by atoms with E-state index in [1.807, 2.05) is 39.0 Å². The Morgan fingerprint density at radius 2 is 1.92 bits per heavy atom. The van der Waals surface area contributed by atoms with Crippen molar-refractivity contribution in [1.82, 2.24) is 25.7 Å². The highest BCUT2D eigenvalue weighted by molar-refractivity contribution is 5.86. The number of likely N-dealkylation sites (tertiary alicyclic amines) is 1. The van der Waals surface area contributed by atoms with E-state index in [0.29, 0.717) is 56.6 Å². The van der Waals surface area contributed by atoms with Gasteiger partial charge in [0.15, 0.2) is 11.6 Å². The van der Waals surface area contributed by atoms with Gasteiger partial charge in [0.2, 0.25) is 11.8 Å². The van der Waals surface area contributed by atoms with Crippen molar-refractivity contribution in [2.45, 2.75) is 64.4 Å². The van der Waals surface area contributed by atoms with E-state index in [1.165, 1.54) is 0 Å². The summed E-state index contributed by atoms with van der Waals surface area (Å²) in [6.07, 6.45) is 9.81. The van der Waals surface area contributed by atoms with Gasteiger partial charge in [-0.1, -0.05) is 29.5 Å². The Balaban J connectivity index is 0.00000420. The molecule has 0 aromatic carbocycles. The van der Waals surface area contributed by atoms with E-state index in [2.05, 4.69) is 31.0 Å². The third-order valence-corrected chi connectivity index (χ3v) is 6.34. The molecule has 2 aliphatic heterocycles. The monoisotopic (exact) mass is 561 g/mol. The molecule has 212 valence electrons. The Hall–Kier alpha value is -3.54. The van der Waals surface area contributed by atoms with E-state index >= 15 is 0 Å². The topological polar surface area (TPSA) is 151 Å². The number of hydrogen-bond donors (Lipinski definition) is 2. The van der Waals surface area contributed by atoms with Gasteiger partial charge in [-0.2, -0.15) is 4.98 Å². The van der Waals surface area contributed by atoms with E-state index < -0.39 is 5.60 Å². The third kappa shape index (κ3) is 8.47. The number of fused-ring (bicyclic) bond motifs is 1. The molecule has 1 atom stereocenters. The average Bonchev–Trinajstić information content (AvgIpc) is 3.37. The number of halogens is 1. The number of allylic oxidation sites excluding steroid dienone is 3. The van der Waals surface area contributed by atoms with Crippen LogP contribution < -0.4 is 10.6 Å². The lowest BCUT2D eigenvalue weighted by atomic mass is 9.93. The van der Waals surface area contributed by atoms with E-state index in [1.54, 1.807) is 11.0 Å². The Kier molecular flexibility index (Phi) is 10.4. The molecule has 1 aromatic heterocycles. The zero-order valence-corrected chi connectivity index (χ0v) is 23.3. The summed E-state index contributed by atoms with van der Waals surface area (Å²) < 4.78 is 10.8. The second-order valence-corrected chi connectivity index (χ2v) is 10.5. The van der Waals surface area contributed by atoms with Crippen molar-refractivity contribution in [3.05, 3.63) is 47.4 Å². The number of carbonyl (C=O) groups excluding carboxylic acids is 3. The molecule has 0 bridgehead atoms. The molecule has 4 rings (SSSR count). The predicted octanol–water partition coefficient (Wildman–Crippen LogP) is 3.58. The van der Waals surface area contributed by atoms with Crippen LogP contribution in [0.5, 0.6) is 0 Å². The molecule has 0 radical (unpaired) electrons. The zero-order valence-electron chi connectivity index (χ0n) is 22.5. The summed E-state index contributed by atoms with van der Waals surface area (Å²) in [6.45, 7) is 7.79. The van der Waals surface area contributed by atoms with E-state index in [0.717, 1.165) is 18.4 Å². The fraction of sp³-hybridized carbons (Fsp3) is 0.577. The zero-order chi connectivity index (χ0) is 27.1. The summed E-state index contributed by atoms with van der Waals surface area (Å²) >= 11 is 0. The molecule has 1 fully saturated rings. The van der Waals surface area contributed by atoms with Crippen LogP contribution in [0.2, 0.25) is 0 Å². The largest absolute Gasteiger partial charge is 0.444 e. The molecular weight excluding hydrogens is 526 g/mol. The number of aryl methyl sites for hydroxylation is 1. The number of ether oxygens (including phenoxy) is 1. The third-order valence-electron chi connectivity index (χ3n) is 6.34. The van der Waals surface area contributed by atoms with Crippen molar-refractivity contribution >= 4 is 30.3 Å². The number of amides is 3. The minimum atomic E-state index is -0.517. The number of carbonyl (C=O) groups is 3. The van der Waals surface area contributed by atoms with Crippen LogP contribution in [0.25, 0.3) is 0 Å². The number of nitrogens with one attached hydrogen (secondary N) is 2.